The monoisotopic (exact) mass is 898 g/mol. The summed E-state index contributed by atoms with van der Waals surface area (Å²) in [6.07, 6.45) is -22.8. The summed E-state index contributed by atoms with van der Waals surface area (Å²) in [5, 5.41) is 0.247. The number of anilines is 2. The molecular formula is C36H19F12N2O6PS2. The van der Waals surface area contributed by atoms with Crippen molar-refractivity contribution in [3.8, 4) is 11.1 Å². The van der Waals surface area contributed by atoms with Gasteiger partial charge >= 0.3 is 32.4 Å². The molecule has 0 unspecified atom stereocenters. The first kappa shape index (κ1) is 41.8. The van der Waals surface area contributed by atoms with Crippen molar-refractivity contribution in [2.45, 2.75) is 34.5 Å². The van der Waals surface area contributed by atoms with E-state index < -0.39 is 127 Å². The van der Waals surface area contributed by atoms with Gasteiger partial charge < -0.3 is 4.89 Å². The number of alkyl halides is 12. The average molecular weight is 899 g/mol. The number of fused-ring (bicyclic) bond motifs is 7. The summed E-state index contributed by atoms with van der Waals surface area (Å²) in [5.74, 6) is 0. The molecule has 310 valence electrons. The van der Waals surface area contributed by atoms with Crippen LogP contribution in [0.5, 0.6) is 0 Å². The van der Waals surface area contributed by atoms with Gasteiger partial charge in [-0.1, -0.05) is 60.7 Å². The van der Waals surface area contributed by atoms with E-state index in [-0.39, 0.29) is 45.8 Å². The maximum Gasteiger partial charge on any atom is 0.422 e. The van der Waals surface area contributed by atoms with Crippen LogP contribution in [0, 0.1) is 0 Å². The van der Waals surface area contributed by atoms with Crippen LogP contribution < -0.4 is 8.15 Å². The third-order valence-corrected chi connectivity index (χ3v) is 16.0. The fraction of sp³-hybridized carbons (Fsp3) is 0.111. The van der Waals surface area contributed by atoms with Crippen LogP contribution in [0.15, 0.2) is 119 Å². The van der Waals surface area contributed by atoms with E-state index in [0.29, 0.717) is 0 Å². The summed E-state index contributed by atoms with van der Waals surface area (Å²) < 4.78 is 241. The summed E-state index contributed by atoms with van der Waals surface area (Å²) in [6.45, 7) is 0. The Balaban J connectivity index is 1.68. The molecule has 8 nitrogen and oxygen atoms in total. The SMILES string of the molecule is O=P1(O)N(S(=O)(=O)c2cc(C(F)(F)F)cc(C(F)(F)F)c2)c2ccc3ccccc3c2-c2c(ccc3ccccc23)N1S(=O)(=O)c1cc(C(F)(F)F)cc(C(F)(F)F)c1. The molecule has 0 aliphatic carbocycles. The number of rotatable bonds is 4. The molecule has 1 aliphatic heterocycles. The lowest BCUT2D eigenvalue weighted by molar-refractivity contribution is -0.145. The molecule has 1 aliphatic rings. The molecule has 59 heavy (non-hydrogen) atoms. The molecule has 0 saturated heterocycles. The van der Waals surface area contributed by atoms with Crippen LogP contribution in [0.25, 0.3) is 32.7 Å². The number of hydrogen-bond acceptors (Lipinski definition) is 5. The lowest BCUT2D eigenvalue weighted by Gasteiger charge is -2.34. The van der Waals surface area contributed by atoms with Crippen molar-refractivity contribution in [1.82, 2.24) is 0 Å². The molecule has 0 saturated carbocycles. The van der Waals surface area contributed by atoms with Crippen molar-refractivity contribution in [3.63, 3.8) is 0 Å². The topological polar surface area (TPSA) is 112 Å². The van der Waals surface area contributed by atoms with Crippen LogP contribution in [-0.2, 0) is 49.3 Å². The van der Waals surface area contributed by atoms with E-state index in [1.807, 2.05) is 0 Å². The Kier molecular flexibility index (Phi) is 9.47. The molecule has 23 heteroatoms. The summed E-state index contributed by atoms with van der Waals surface area (Å²) in [5.41, 5.74) is -11.9. The van der Waals surface area contributed by atoms with Crippen LogP contribution in [0.2, 0.25) is 0 Å². The molecule has 0 amide bonds. The smallest absolute Gasteiger partial charge is 0.312 e. The van der Waals surface area contributed by atoms with Gasteiger partial charge in [-0.2, -0.15) is 60.8 Å². The summed E-state index contributed by atoms with van der Waals surface area (Å²) in [7, 11) is -19.7. The molecule has 0 radical (unpaired) electrons. The molecule has 7 rings (SSSR count). The van der Waals surface area contributed by atoms with Gasteiger partial charge in [0.2, 0.25) is 0 Å². The normalized spacial score (nSPS) is 15.3. The summed E-state index contributed by atoms with van der Waals surface area (Å²) >= 11 is 0. The standard InChI is InChI=1S/C36H19F12N2O6PS2/c37-33(38,39)21-13-22(34(40,41)42)16-25(15-21)58(53,54)49-29-11-9-19-5-1-3-7-27(19)31(29)32-28-8-4-2-6-20(28)10-12-30(32)50(57(49,51)52)59(55,56)26-17-23(35(43,44)45)14-24(18-26)36(46,47)48/h1-18H,(H,51,52). The first-order chi connectivity index (χ1) is 27.1. The second kappa shape index (κ2) is 13.4. The van der Waals surface area contributed by atoms with E-state index in [1.54, 1.807) is 0 Å². The van der Waals surface area contributed by atoms with Gasteiger partial charge in [-0.05, 0) is 70.1 Å². The zero-order valence-electron chi connectivity index (χ0n) is 28.6. The Morgan fingerprint density at radius 1 is 0.441 bits per heavy atom. The van der Waals surface area contributed by atoms with Gasteiger partial charge in [0.15, 0.2) is 0 Å². The largest absolute Gasteiger partial charge is 0.422 e. The third-order valence-electron chi connectivity index (χ3n) is 9.12. The molecule has 6 aromatic rings. The molecule has 1 heterocycles. The van der Waals surface area contributed by atoms with Gasteiger partial charge in [0.05, 0.1) is 43.4 Å². The van der Waals surface area contributed by atoms with Crippen LogP contribution in [0.1, 0.15) is 22.3 Å². The number of hydrogen-bond donors (Lipinski definition) is 1. The average Bonchev–Trinajstić information content (AvgIpc) is 3.22. The zero-order valence-corrected chi connectivity index (χ0v) is 31.1. The van der Waals surface area contributed by atoms with Crippen molar-refractivity contribution in [1.29, 1.82) is 0 Å². The lowest BCUT2D eigenvalue weighted by Crippen LogP contribution is -2.38. The van der Waals surface area contributed by atoms with Gasteiger partial charge in [-0.3, -0.25) is 0 Å². The fourth-order valence-corrected chi connectivity index (χ4v) is 13.4. The quantitative estimate of drug-likeness (QED) is 0.139. The van der Waals surface area contributed by atoms with Gasteiger partial charge in [0.25, 0.3) is 20.0 Å². The Bertz CT molecular complexity index is 2740. The van der Waals surface area contributed by atoms with Crippen molar-refractivity contribution < 1.29 is 79.0 Å². The highest BCUT2D eigenvalue weighted by Gasteiger charge is 2.55. The maximum absolute atomic E-state index is 15.2. The maximum atomic E-state index is 15.2. The van der Waals surface area contributed by atoms with Gasteiger partial charge in [0.1, 0.15) is 0 Å². The highest BCUT2D eigenvalue weighted by Crippen LogP contribution is 2.65. The minimum atomic E-state index is -6.90. The molecule has 0 spiro atoms. The van der Waals surface area contributed by atoms with Crippen LogP contribution in [-0.4, -0.2) is 21.7 Å². The van der Waals surface area contributed by atoms with Crippen LogP contribution in [0.4, 0.5) is 64.1 Å². The summed E-state index contributed by atoms with van der Waals surface area (Å²) in [4.78, 5) is 8.27. The molecule has 0 aromatic heterocycles. The van der Waals surface area contributed by atoms with Crippen LogP contribution in [0.3, 0.4) is 0 Å². The molecular weight excluding hydrogens is 879 g/mol. The Morgan fingerprint density at radius 2 is 0.729 bits per heavy atom. The molecule has 0 fully saturated rings. The molecule has 1 N–H and O–H groups in total. The van der Waals surface area contributed by atoms with E-state index in [1.165, 1.54) is 48.5 Å². The minimum Gasteiger partial charge on any atom is -0.312 e. The highest BCUT2D eigenvalue weighted by molar-refractivity contribution is 8.06. The van der Waals surface area contributed by atoms with E-state index in [9.17, 15) is 74.4 Å². The molecule has 6 aromatic carbocycles. The third kappa shape index (κ3) is 7.04. The Morgan fingerprint density at radius 3 is 1.02 bits per heavy atom. The highest BCUT2D eigenvalue weighted by atomic mass is 32.2. The predicted octanol–water partition coefficient (Wildman–Crippen LogP) is 11.2. The fourth-order valence-electron chi connectivity index (χ4n) is 6.61. The Labute approximate surface area is 324 Å². The predicted molar refractivity (Wildman–Crippen MR) is 189 cm³/mol. The Hall–Kier alpha value is -5.31. The van der Waals surface area contributed by atoms with Gasteiger partial charge in [-0.15, -0.1) is 0 Å². The number of nitrogens with zero attached hydrogens (tertiary/aromatic N) is 2. The van der Waals surface area contributed by atoms with Gasteiger partial charge in [0, 0.05) is 11.1 Å². The van der Waals surface area contributed by atoms with Crippen molar-refractivity contribution in [2.75, 3.05) is 8.15 Å². The number of halogens is 12. The zero-order chi connectivity index (χ0) is 43.5. The second-order valence-electron chi connectivity index (χ2n) is 12.9. The second-order valence-corrected chi connectivity index (χ2v) is 18.8. The minimum absolute atomic E-state index is 0.0690. The van der Waals surface area contributed by atoms with Gasteiger partial charge in [-0.25, -0.2) is 21.4 Å². The van der Waals surface area contributed by atoms with E-state index in [4.69, 9.17) is 0 Å². The summed E-state index contributed by atoms with van der Waals surface area (Å²) in [6, 6.07) is 12.5. The van der Waals surface area contributed by atoms with Crippen LogP contribution >= 0.6 is 7.67 Å². The first-order valence-electron chi connectivity index (χ1n) is 16.1. The molecule has 0 atom stereocenters. The van der Waals surface area contributed by atoms with Crippen molar-refractivity contribution in [3.05, 3.63) is 131 Å². The number of sulfonamides is 2. The van der Waals surface area contributed by atoms with E-state index in [2.05, 4.69) is 0 Å². The first-order valence-corrected chi connectivity index (χ1v) is 20.6. The van der Waals surface area contributed by atoms with E-state index >= 15 is 4.57 Å². The van der Waals surface area contributed by atoms with Crippen molar-refractivity contribution in [2.24, 2.45) is 0 Å². The van der Waals surface area contributed by atoms with E-state index in [0.717, 1.165) is 24.3 Å². The molecule has 0 bridgehead atoms. The van der Waals surface area contributed by atoms with Crippen molar-refractivity contribution >= 4 is 60.6 Å². The lowest BCUT2D eigenvalue weighted by atomic mass is 9.91. The number of benzene rings is 6.